The molecule has 0 aliphatic heterocycles. The van der Waals surface area contributed by atoms with Crippen LogP contribution in [0.1, 0.15) is 26.7 Å². The highest BCUT2D eigenvalue weighted by atomic mass is 32.3. The van der Waals surface area contributed by atoms with Crippen molar-refractivity contribution in [2.45, 2.75) is 39.8 Å². The van der Waals surface area contributed by atoms with Gasteiger partial charge in [0.05, 0.1) is 0 Å². The van der Waals surface area contributed by atoms with Crippen LogP contribution in [-0.4, -0.2) is 17.5 Å². The quantitative estimate of drug-likeness (QED) is 0.468. The zero-order valence-electron chi connectivity index (χ0n) is 13.4. The van der Waals surface area contributed by atoms with Gasteiger partial charge < -0.3 is 9.11 Å². The van der Waals surface area contributed by atoms with Crippen molar-refractivity contribution in [1.82, 2.24) is 0 Å². The third-order valence-electron chi connectivity index (χ3n) is 3.08. The Kier molecular flexibility index (Phi) is 7.80. The number of rotatable bonds is 5. The van der Waals surface area contributed by atoms with Crippen LogP contribution in [0, 0.1) is 0 Å². The van der Waals surface area contributed by atoms with Gasteiger partial charge in [-0.3, -0.25) is 8.42 Å². The van der Waals surface area contributed by atoms with Crippen molar-refractivity contribution in [3.8, 4) is 11.1 Å². The smallest absolute Gasteiger partial charge is 0.169 e. The first-order valence-corrected chi connectivity index (χ1v) is 8.82. The van der Waals surface area contributed by atoms with E-state index in [1.807, 2.05) is 0 Å². The highest BCUT2D eigenvalue weighted by Crippen LogP contribution is 2.15. The number of aryl methyl sites for hydroxylation is 2. The molecule has 0 N–H and O–H groups in total. The van der Waals surface area contributed by atoms with Crippen LogP contribution in [-0.2, 0) is 23.5 Å². The average Bonchev–Trinajstić information content (AvgIpc) is 2.48. The maximum Gasteiger partial charge on any atom is 0.169 e. The minimum absolute atomic E-state index is 1.09. The van der Waals surface area contributed by atoms with E-state index in [1.165, 1.54) is 24.0 Å². The second-order valence-corrected chi connectivity index (χ2v) is 5.87. The van der Waals surface area contributed by atoms with Gasteiger partial charge in [0.2, 0.25) is 0 Å². The van der Waals surface area contributed by atoms with Crippen LogP contribution in [0.5, 0.6) is 0 Å². The molecule has 0 radical (unpaired) electrons. The number of aromatic nitrogens is 2. The predicted octanol–water partition coefficient (Wildman–Crippen LogP) is 1.41. The second-order valence-electron chi connectivity index (χ2n) is 5.06. The van der Waals surface area contributed by atoms with Gasteiger partial charge in [0.25, 0.3) is 0 Å². The Balaban J connectivity index is 0.000000463. The van der Waals surface area contributed by atoms with Crippen LogP contribution in [0.15, 0.2) is 49.1 Å². The van der Waals surface area contributed by atoms with Crippen LogP contribution in [0.4, 0.5) is 0 Å². The van der Waals surface area contributed by atoms with E-state index < -0.39 is 10.4 Å². The fourth-order valence-corrected chi connectivity index (χ4v) is 2.11. The Bertz CT molecular complexity index is 628. The topological polar surface area (TPSA) is 88.0 Å². The second kappa shape index (κ2) is 9.34. The van der Waals surface area contributed by atoms with E-state index in [0.717, 1.165) is 13.1 Å². The lowest BCUT2D eigenvalue weighted by molar-refractivity contribution is -0.697. The number of hydrogen-bond donors (Lipinski definition) is 0. The van der Waals surface area contributed by atoms with Crippen molar-refractivity contribution in [3.63, 3.8) is 0 Å². The highest BCUT2D eigenvalue weighted by molar-refractivity contribution is 7.79. The molecule has 2 heterocycles. The van der Waals surface area contributed by atoms with Crippen molar-refractivity contribution in [2.24, 2.45) is 0 Å². The van der Waals surface area contributed by atoms with Gasteiger partial charge in [-0.1, -0.05) is 13.8 Å². The van der Waals surface area contributed by atoms with E-state index in [4.69, 9.17) is 17.5 Å². The number of nitrogens with zero attached hydrogens (tertiary/aromatic N) is 2. The Labute approximate surface area is 137 Å². The molecule has 2 rings (SSSR count). The summed E-state index contributed by atoms with van der Waals surface area (Å²) >= 11 is 0. The van der Waals surface area contributed by atoms with Crippen molar-refractivity contribution in [2.75, 3.05) is 0 Å². The van der Waals surface area contributed by atoms with Crippen molar-refractivity contribution in [1.29, 1.82) is 0 Å². The van der Waals surface area contributed by atoms with Gasteiger partial charge >= 0.3 is 0 Å². The molecule has 0 aromatic carbocycles. The van der Waals surface area contributed by atoms with Gasteiger partial charge in [0.15, 0.2) is 24.8 Å². The van der Waals surface area contributed by atoms with Gasteiger partial charge in [0.1, 0.15) is 13.1 Å². The molecule has 126 valence electrons. The van der Waals surface area contributed by atoms with E-state index in [0.29, 0.717) is 0 Å². The van der Waals surface area contributed by atoms with E-state index in [1.54, 1.807) is 0 Å². The third-order valence-corrected chi connectivity index (χ3v) is 3.08. The number of hydrogen-bond acceptors (Lipinski definition) is 4. The van der Waals surface area contributed by atoms with Gasteiger partial charge in [-0.15, -0.1) is 0 Å². The lowest BCUT2D eigenvalue weighted by Crippen LogP contribution is -2.32. The normalized spacial score (nSPS) is 10.8. The third kappa shape index (κ3) is 8.39. The van der Waals surface area contributed by atoms with Crippen LogP contribution in [0.3, 0.4) is 0 Å². The van der Waals surface area contributed by atoms with Gasteiger partial charge in [-0.2, -0.15) is 0 Å². The van der Waals surface area contributed by atoms with Gasteiger partial charge in [-0.05, 0) is 11.1 Å². The summed E-state index contributed by atoms with van der Waals surface area (Å²) in [6.07, 6.45) is 11.0. The molecule has 2 aromatic rings. The molecule has 0 saturated heterocycles. The Morgan fingerprint density at radius 3 is 1.26 bits per heavy atom. The standard InChI is InChI=1S/C16H22N2.H2O4S/c1-3-9-17-11-5-15(6-12-17)16-7-13-18(10-4-2)14-8-16;1-5(2,3)4/h5-8,11-14H,3-4,9-10H2,1-2H3;(H2,1,2,3,4)/q+2;/p-2. The maximum atomic E-state index is 8.52. The molecule has 0 bridgehead atoms. The molecule has 23 heavy (non-hydrogen) atoms. The lowest BCUT2D eigenvalue weighted by Gasteiger charge is -2.06. The zero-order valence-corrected chi connectivity index (χ0v) is 14.2. The van der Waals surface area contributed by atoms with Crippen molar-refractivity contribution >= 4 is 10.4 Å². The molecular formula is C16H22N2O4S. The van der Waals surface area contributed by atoms with E-state index in [-0.39, 0.29) is 0 Å². The van der Waals surface area contributed by atoms with Crippen LogP contribution < -0.4 is 9.13 Å². The van der Waals surface area contributed by atoms with Crippen molar-refractivity contribution in [3.05, 3.63) is 49.1 Å². The van der Waals surface area contributed by atoms with Gasteiger partial charge in [-0.25, -0.2) is 9.13 Å². The molecular weight excluding hydrogens is 316 g/mol. The SMILES string of the molecule is CCC[n+]1ccc(-c2cc[n+](CCC)cc2)cc1.O=S(=O)([O-])[O-]. The molecule has 0 aliphatic carbocycles. The Morgan fingerprint density at radius 2 is 1.04 bits per heavy atom. The summed E-state index contributed by atoms with van der Waals surface area (Å²) < 4.78 is 38.5. The molecule has 0 atom stereocenters. The average molecular weight is 338 g/mol. The van der Waals surface area contributed by atoms with E-state index in [2.05, 4.69) is 72.0 Å². The molecule has 0 saturated carbocycles. The first-order valence-electron chi connectivity index (χ1n) is 7.48. The minimum Gasteiger partial charge on any atom is -0.759 e. The minimum atomic E-state index is -5.17. The van der Waals surface area contributed by atoms with Crippen LogP contribution in [0.2, 0.25) is 0 Å². The van der Waals surface area contributed by atoms with E-state index >= 15 is 0 Å². The first kappa shape index (κ1) is 19.2. The summed E-state index contributed by atoms with van der Waals surface area (Å²) in [6, 6.07) is 8.76. The molecule has 0 spiro atoms. The van der Waals surface area contributed by atoms with Crippen molar-refractivity contribution < 1.29 is 26.7 Å². The summed E-state index contributed by atoms with van der Waals surface area (Å²) in [4.78, 5) is 0. The fraction of sp³-hybridized carbons (Fsp3) is 0.375. The molecule has 0 amide bonds. The summed E-state index contributed by atoms with van der Waals surface area (Å²) in [7, 11) is -5.17. The summed E-state index contributed by atoms with van der Waals surface area (Å²) in [6.45, 7) is 6.58. The molecule has 2 aromatic heterocycles. The van der Waals surface area contributed by atoms with E-state index in [9.17, 15) is 0 Å². The molecule has 0 aliphatic rings. The summed E-state index contributed by atoms with van der Waals surface area (Å²) in [5.41, 5.74) is 2.57. The highest BCUT2D eigenvalue weighted by Gasteiger charge is 2.04. The molecule has 0 unspecified atom stereocenters. The molecule has 6 nitrogen and oxygen atoms in total. The van der Waals surface area contributed by atoms with Crippen LogP contribution >= 0.6 is 0 Å². The summed E-state index contributed by atoms with van der Waals surface area (Å²) in [5, 5.41) is 0. The molecule has 0 fully saturated rings. The van der Waals surface area contributed by atoms with Gasteiger partial charge in [0, 0.05) is 47.5 Å². The summed E-state index contributed by atoms with van der Waals surface area (Å²) in [5.74, 6) is 0. The lowest BCUT2D eigenvalue weighted by atomic mass is 10.1. The zero-order chi connectivity index (χ0) is 17.3. The predicted molar refractivity (Wildman–Crippen MR) is 83.3 cm³/mol. The monoisotopic (exact) mass is 338 g/mol. The largest absolute Gasteiger partial charge is 0.759 e. The fourth-order valence-electron chi connectivity index (χ4n) is 2.11. The molecule has 7 heteroatoms. The maximum absolute atomic E-state index is 8.52. The Hall–Kier alpha value is -1.83. The Morgan fingerprint density at radius 1 is 0.783 bits per heavy atom. The first-order chi connectivity index (χ1) is 10.8. The number of pyridine rings is 2. The van der Waals surface area contributed by atoms with Crippen LogP contribution in [0.25, 0.3) is 11.1 Å².